The average Bonchev–Trinajstić information content (AvgIpc) is 2.81. The fourth-order valence-electron chi connectivity index (χ4n) is 3.51. The van der Waals surface area contributed by atoms with Gasteiger partial charge < -0.3 is 5.32 Å². The summed E-state index contributed by atoms with van der Waals surface area (Å²) in [7, 11) is 0. The van der Waals surface area contributed by atoms with Crippen LogP contribution >= 0.6 is 23.4 Å². The first-order valence-corrected chi connectivity index (χ1v) is 11.8. The second kappa shape index (κ2) is 9.75. The van der Waals surface area contributed by atoms with Crippen molar-refractivity contribution < 1.29 is 18.0 Å². The second-order valence-electron chi connectivity index (χ2n) is 7.80. The first kappa shape index (κ1) is 24.8. The van der Waals surface area contributed by atoms with E-state index in [2.05, 4.69) is 10.3 Å². The van der Waals surface area contributed by atoms with Gasteiger partial charge in [-0.25, -0.2) is 4.98 Å². The molecule has 0 saturated carbocycles. The van der Waals surface area contributed by atoms with Crippen LogP contribution in [0.3, 0.4) is 0 Å². The summed E-state index contributed by atoms with van der Waals surface area (Å²) in [6.45, 7) is 3.82. The lowest BCUT2D eigenvalue weighted by molar-refractivity contribution is -0.137. The first-order chi connectivity index (χ1) is 16.6. The normalized spacial score (nSPS) is 11.6. The number of carbonyl (C=O) groups excluding carboxylic acids is 1. The molecule has 0 fully saturated rings. The predicted octanol–water partition coefficient (Wildman–Crippen LogP) is 6.41. The van der Waals surface area contributed by atoms with Crippen LogP contribution in [0, 0.1) is 13.8 Å². The van der Waals surface area contributed by atoms with Gasteiger partial charge in [-0.2, -0.15) is 13.2 Å². The summed E-state index contributed by atoms with van der Waals surface area (Å²) in [5.74, 6) is -0.798. The molecule has 0 aliphatic carbocycles. The number of aromatic nitrogens is 2. The summed E-state index contributed by atoms with van der Waals surface area (Å²) in [5.41, 5.74) is 1.62. The van der Waals surface area contributed by atoms with E-state index < -0.39 is 17.6 Å². The third kappa shape index (κ3) is 5.21. The first-order valence-electron chi connectivity index (χ1n) is 10.4. The van der Waals surface area contributed by atoms with E-state index in [-0.39, 0.29) is 27.2 Å². The molecular formula is C25H19ClF3N3O2S. The monoisotopic (exact) mass is 517 g/mol. The Morgan fingerprint density at radius 2 is 1.83 bits per heavy atom. The molecule has 1 aromatic heterocycles. The lowest BCUT2D eigenvalue weighted by Gasteiger charge is -2.16. The highest BCUT2D eigenvalue weighted by atomic mass is 35.5. The van der Waals surface area contributed by atoms with Gasteiger partial charge in [-0.05, 0) is 61.4 Å². The largest absolute Gasteiger partial charge is 0.416 e. The lowest BCUT2D eigenvalue weighted by atomic mass is 10.1. The van der Waals surface area contributed by atoms with Gasteiger partial charge in [-0.1, -0.05) is 47.6 Å². The topological polar surface area (TPSA) is 64.0 Å². The molecule has 0 aliphatic heterocycles. The molecule has 0 bridgehead atoms. The average molecular weight is 518 g/mol. The molecule has 5 nitrogen and oxygen atoms in total. The van der Waals surface area contributed by atoms with Crippen LogP contribution in [-0.2, 0) is 11.0 Å². The van der Waals surface area contributed by atoms with Gasteiger partial charge >= 0.3 is 6.18 Å². The number of fused-ring (bicyclic) bond motifs is 1. The third-order valence-corrected chi connectivity index (χ3v) is 6.73. The van der Waals surface area contributed by atoms with Crippen LogP contribution in [-0.4, -0.2) is 21.2 Å². The molecule has 0 aliphatic rings. The summed E-state index contributed by atoms with van der Waals surface area (Å²) in [6, 6.07) is 15.2. The van der Waals surface area contributed by atoms with E-state index in [0.717, 1.165) is 41.1 Å². The molecule has 1 amide bonds. The molecule has 4 aromatic rings. The highest BCUT2D eigenvalue weighted by molar-refractivity contribution is 7.99. The molecule has 3 aromatic carbocycles. The van der Waals surface area contributed by atoms with E-state index in [9.17, 15) is 22.8 Å². The Kier molecular flexibility index (Phi) is 6.91. The molecular weight excluding hydrogens is 499 g/mol. The number of carbonyl (C=O) groups is 1. The number of hydrogen-bond donors (Lipinski definition) is 1. The second-order valence-corrected chi connectivity index (χ2v) is 9.15. The van der Waals surface area contributed by atoms with Crippen LogP contribution in [0.15, 0.2) is 70.6 Å². The molecule has 1 heterocycles. The Morgan fingerprint density at radius 3 is 2.57 bits per heavy atom. The van der Waals surface area contributed by atoms with Crippen LogP contribution in [0.2, 0.25) is 5.02 Å². The van der Waals surface area contributed by atoms with Gasteiger partial charge in [0.25, 0.3) is 5.56 Å². The van der Waals surface area contributed by atoms with Crippen LogP contribution in [0.5, 0.6) is 0 Å². The Bertz CT molecular complexity index is 1500. The number of para-hydroxylation sites is 1. The number of benzene rings is 3. The number of nitrogens with one attached hydrogen (secondary N) is 1. The van der Waals surface area contributed by atoms with E-state index in [1.165, 1.54) is 4.57 Å². The number of nitrogens with zero attached hydrogens (tertiary/aromatic N) is 2. The van der Waals surface area contributed by atoms with Crippen LogP contribution in [0.4, 0.5) is 18.9 Å². The van der Waals surface area contributed by atoms with Crippen LogP contribution < -0.4 is 10.9 Å². The summed E-state index contributed by atoms with van der Waals surface area (Å²) in [6.07, 6.45) is -4.57. The minimum atomic E-state index is -4.57. The highest BCUT2D eigenvalue weighted by Crippen LogP contribution is 2.34. The fraction of sp³-hybridized carbons (Fsp3) is 0.160. The smallest absolute Gasteiger partial charge is 0.324 e. The maximum Gasteiger partial charge on any atom is 0.416 e. The van der Waals surface area contributed by atoms with Gasteiger partial charge in [-0.3, -0.25) is 14.2 Å². The van der Waals surface area contributed by atoms with E-state index in [1.807, 2.05) is 26.0 Å². The van der Waals surface area contributed by atoms with Crippen molar-refractivity contribution in [2.75, 3.05) is 11.1 Å². The Balaban J connectivity index is 1.68. The number of amides is 1. The van der Waals surface area contributed by atoms with Gasteiger partial charge in [0.15, 0.2) is 5.16 Å². The molecule has 0 unspecified atom stereocenters. The van der Waals surface area contributed by atoms with Crippen molar-refractivity contribution in [1.82, 2.24) is 9.55 Å². The number of anilines is 1. The quantitative estimate of drug-likeness (QED) is 0.245. The summed E-state index contributed by atoms with van der Waals surface area (Å²) < 4.78 is 40.6. The molecule has 0 atom stereocenters. The van der Waals surface area contributed by atoms with Gasteiger partial charge in [0.2, 0.25) is 5.91 Å². The Labute approximate surface area is 207 Å². The van der Waals surface area contributed by atoms with Crippen molar-refractivity contribution in [3.8, 4) is 5.69 Å². The fourth-order valence-corrected chi connectivity index (χ4v) is 4.48. The van der Waals surface area contributed by atoms with Crippen molar-refractivity contribution in [1.29, 1.82) is 0 Å². The maximum atomic E-state index is 13.4. The third-order valence-electron chi connectivity index (χ3n) is 5.46. The van der Waals surface area contributed by atoms with E-state index in [0.29, 0.717) is 16.6 Å². The summed E-state index contributed by atoms with van der Waals surface area (Å²) >= 11 is 6.99. The predicted molar refractivity (Wildman–Crippen MR) is 133 cm³/mol. The van der Waals surface area contributed by atoms with Crippen molar-refractivity contribution in [3.05, 3.63) is 92.7 Å². The van der Waals surface area contributed by atoms with Crippen molar-refractivity contribution in [3.63, 3.8) is 0 Å². The van der Waals surface area contributed by atoms with E-state index in [4.69, 9.17) is 11.6 Å². The van der Waals surface area contributed by atoms with Crippen LogP contribution in [0.25, 0.3) is 16.6 Å². The minimum absolute atomic E-state index is 0.0209. The number of alkyl halides is 3. The molecule has 35 heavy (non-hydrogen) atoms. The number of hydrogen-bond acceptors (Lipinski definition) is 4. The zero-order chi connectivity index (χ0) is 25.3. The highest BCUT2D eigenvalue weighted by Gasteiger charge is 2.31. The number of halogens is 4. The van der Waals surface area contributed by atoms with Crippen molar-refractivity contribution in [2.45, 2.75) is 25.2 Å². The molecule has 180 valence electrons. The van der Waals surface area contributed by atoms with E-state index >= 15 is 0 Å². The SMILES string of the molecule is Cc1cccc(-n2c(SCC(=O)Nc3cc(C(F)(F)F)ccc3Cl)nc3ccccc3c2=O)c1C. The molecule has 0 spiro atoms. The summed E-state index contributed by atoms with van der Waals surface area (Å²) in [4.78, 5) is 30.6. The molecule has 1 N–H and O–H groups in total. The van der Waals surface area contributed by atoms with E-state index in [1.54, 1.807) is 30.3 Å². The zero-order valence-electron chi connectivity index (χ0n) is 18.6. The van der Waals surface area contributed by atoms with Gasteiger partial charge in [0.05, 0.1) is 38.6 Å². The van der Waals surface area contributed by atoms with Gasteiger partial charge in [0.1, 0.15) is 0 Å². The standard InChI is InChI=1S/C25H19ClF3N3O2S/c1-14-6-5-9-21(15(14)2)32-23(34)17-7-3-4-8-19(17)31-24(32)35-13-22(33)30-20-12-16(25(27,28)29)10-11-18(20)26/h3-12H,13H2,1-2H3,(H,30,33). The lowest BCUT2D eigenvalue weighted by Crippen LogP contribution is -2.23. The molecule has 4 rings (SSSR count). The van der Waals surface area contributed by atoms with Crippen molar-refractivity contribution >= 4 is 45.9 Å². The van der Waals surface area contributed by atoms with Crippen LogP contribution in [0.1, 0.15) is 16.7 Å². The van der Waals surface area contributed by atoms with Crippen molar-refractivity contribution in [2.24, 2.45) is 0 Å². The maximum absolute atomic E-state index is 13.4. The number of rotatable bonds is 5. The number of thioether (sulfide) groups is 1. The molecule has 10 heteroatoms. The Morgan fingerprint density at radius 1 is 1.09 bits per heavy atom. The summed E-state index contributed by atoms with van der Waals surface area (Å²) in [5, 5.41) is 3.11. The van der Waals surface area contributed by atoms with Gasteiger partial charge in [-0.15, -0.1) is 0 Å². The molecule has 0 radical (unpaired) electrons. The number of aryl methyl sites for hydroxylation is 1. The zero-order valence-corrected chi connectivity index (χ0v) is 20.2. The minimum Gasteiger partial charge on any atom is -0.324 e. The Hall–Kier alpha value is -3.30. The van der Waals surface area contributed by atoms with Gasteiger partial charge in [0, 0.05) is 0 Å². The molecule has 0 saturated heterocycles.